The van der Waals surface area contributed by atoms with Crippen LogP contribution in [0, 0.1) is 7.14 Å². The molecule has 0 saturated carbocycles. The Morgan fingerprint density at radius 2 is 1.78 bits per heavy atom. The predicted molar refractivity (Wildman–Crippen MR) is 90.4 cm³/mol. The highest BCUT2D eigenvalue weighted by molar-refractivity contribution is 14.1. The van der Waals surface area contributed by atoms with Crippen LogP contribution in [-0.2, 0) is 6.54 Å². The van der Waals surface area contributed by atoms with Gasteiger partial charge >= 0.3 is 0 Å². The van der Waals surface area contributed by atoms with Crippen molar-refractivity contribution in [3.05, 3.63) is 55.2 Å². The lowest BCUT2D eigenvalue weighted by atomic mass is 10.2. The number of anilines is 1. The van der Waals surface area contributed by atoms with Crippen molar-refractivity contribution in [3.63, 3.8) is 0 Å². The molecule has 5 heteroatoms. The van der Waals surface area contributed by atoms with E-state index in [2.05, 4.69) is 56.0 Å². The number of benzene rings is 2. The molecule has 0 aliphatic rings. The zero-order chi connectivity index (χ0) is 13.0. The summed E-state index contributed by atoms with van der Waals surface area (Å²) in [6, 6.07) is 13.8. The van der Waals surface area contributed by atoms with Gasteiger partial charge in [0.25, 0.3) is 0 Å². The zero-order valence-electron chi connectivity index (χ0n) is 9.45. The minimum absolute atomic E-state index is 0.346. The Kier molecular flexibility index (Phi) is 5.07. The quantitative estimate of drug-likeness (QED) is 0.476. The molecule has 18 heavy (non-hydrogen) atoms. The highest BCUT2D eigenvalue weighted by Gasteiger charge is 2.06. The van der Waals surface area contributed by atoms with Crippen LogP contribution in [0.3, 0.4) is 0 Å². The number of phenols is 1. The lowest BCUT2D eigenvalue weighted by Crippen LogP contribution is -2.21. The normalized spacial score (nSPS) is 10.3. The molecule has 0 aliphatic heterocycles. The lowest BCUT2D eigenvalue weighted by Gasteiger charge is -2.11. The first-order valence-electron chi connectivity index (χ1n) is 5.37. The standard InChI is InChI=1S/C13H12I2N2O/c14-10-6-9(13(18)12(15)7-10)8-16-17-11-4-2-1-3-5-11/h1-7,16-18H,8H2. The third-order valence-corrected chi connectivity index (χ3v) is 3.84. The third kappa shape index (κ3) is 3.72. The van der Waals surface area contributed by atoms with Crippen LogP contribution in [0.5, 0.6) is 5.75 Å². The molecule has 0 atom stereocenters. The number of phenolic OH excluding ortho intramolecular Hbond substituents is 1. The third-order valence-electron chi connectivity index (χ3n) is 2.39. The molecule has 94 valence electrons. The van der Waals surface area contributed by atoms with Crippen molar-refractivity contribution >= 4 is 50.9 Å². The second-order valence-corrected chi connectivity index (χ2v) is 6.15. The van der Waals surface area contributed by atoms with Gasteiger partial charge in [0.05, 0.1) is 3.57 Å². The Balaban J connectivity index is 1.99. The molecule has 0 fully saturated rings. The summed E-state index contributed by atoms with van der Waals surface area (Å²) in [5, 5.41) is 9.94. The van der Waals surface area contributed by atoms with Crippen molar-refractivity contribution in [2.24, 2.45) is 0 Å². The number of aromatic hydroxyl groups is 1. The summed E-state index contributed by atoms with van der Waals surface area (Å²) in [5.41, 5.74) is 8.07. The molecular weight excluding hydrogens is 454 g/mol. The summed E-state index contributed by atoms with van der Waals surface area (Å²) in [5.74, 6) is 0.346. The van der Waals surface area contributed by atoms with Crippen molar-refractivity contribution in [1.82, 2.24) is 5.43 Å². The van der Waals surface area contributed by atoms with Gasteiger partial charge in [0, 0.05) is 21.4 Å². The first kappa shape index (κ1) is 13.9. The van der Waals surface area contributed by atoms with Gasteiger partial charge in [-0.2, -0.15) is 0 Å². The van der Waals surface area contributed by atoms with Gasteiger partial charge in [0.15, 0.2) is 0 Å². The van der Waals surface area contributed by atoms with E-state index in [0.29, 0.717) is 12.3 Å². The van der Waals surface area contributed by atoms with E-state index in [1.165, 1.54) is 0 Å². The topological polar surface area (TPSA) is 44.3 Å². The smallest absolute Gasteiger partial charge is 0.133 e. The number of nitrogens with one attached hydrogen (secondary N) is 2. The fraction of sp³-hybridized carbons (Fsp3) is 0.0769. The Hall–Kier alpha value is -0.540. The van der Waals surface area contributed by atoms with E-state index >= 15 is 0 Å². The molecular formula is C13H12I2N2O. The van der Waals surface area contributed by atoms with E-state index in [9.17, 15) is 5.11 Å². The minimum atomic E-state index is 0.346. The van der Waals surface area contributed by atoms with Gasteiger partial charge in [-0.05, 0) is 69.4 Å². The van der Waals surface area contributed by atoms with Gasteiger partial charge in [-0.25, -0.2) is 5.43 Å². The summed E-state index contributed by atoms with van der Waals surface area (Å²) in [7, 11) is 0. The van der Waals surface area contributed by atoms with Crippen LogP contribution in [0.4, 0.5) is 5.69 Å². The molecule has 0 unspecified atom stereocenters. The molecule has 0 spiro atoms. The van der Waals surface area contributed by atoms with Gasteiger partial charge in [-0.3, -0.25) is 0 Å². The second-order valence-electron chi connectivity index (χ2n) is 3.74. The summed E-state index contributed by atoms with van der Waals surface area (Å²) < 4.78 is 1.99. The first-order valence-corrected chi connectivity index (χ1v) is 7.53. The molecule has 0 aromatic heterocycles. The second kappa shape index (κ2) is 6.58. The van der Waals surface area contributed by atoms with E-state index in [1.807, 2.05) is 42.5 Å². The summed E-state index contributed by atoms with van der Waals surface area (Å²) >= 11 is 4.38. The molecule has 0 amide bonds. The van der Waals surface area contributed by atoms with Gasteiger partial charge in [-0.1, -0.05) is 18.2 Å². The van der Waals surface area contributed by atoms with Crippen molar-refractivity contribution in [2.75, 3.05) is 5.43 Å². The molecule has 0 heterocycles. The van der Waals surface area contributed by atoms with Crippen LogP contribution >= 0.6 is 45.2 Å². The fourth-order valence-electron chi connectivity index (χ4n) is 1.52. The molecule has 0 bridgehead atoms. The van der Waals surface area contributed by atoms with Crippen molar-refractivity contribution < 1.29 is 5.11 Å². The maximum Gasteiger partial charge on any atom is 0.133 e. The number of para-hydroxylation sites is 1. The van der Waals surface area contributed by atoms with Crippen LogP contribution in [-0.4, -0.2) is 5.11 Å². The minimum Gasteiger partial charge on any atom is -0.507 e. The Morgan fingerprint density at radius 1 is 1.06 bits per heavy atom. The van der Waals surface area contributed by atoms with Crippen LogP contribution in [0.15, 0.2) is 42.5 Å². The predicted octanol–water partition coefficient (Wildman–Crippen LogP) is 3.72. The van der Waals surface area contributed by atoms with E-state index in [0.717, 1.165) is 18.4 Å². The number of hydrogen-bond donors (Lipinski definition) is 3. The van der Waals surface area contributed by atoms with Gasteiger partial charge in [0.2, 0.25) is 0 Å². The average Bonchev–Trinajstić information content (AvgIpc) is 2.36. The first-order chi connectivity index (χ1) is 8.66. The largest absolute Gasteiger partial charge is 0.507 e. The van der Waals surface area contributed by atoms with Crippen molar-refractivity contribution in [3.8, 4) is 5.75 Å². The highest BCUT2D eigenvalue weighted by Crippen LogP contribution is 2.26. The van der Waals surface area contributed by atoms with E-state index in [4.69, 9.17) is 0 Å². The Bertz CT molecular complexity index is 532. The van der Waals surface area contributed by atoms with Gasteiger partial charge in [-0.15, -0.1) is 0 Å². The summed E-state index contributed by atoms with van der Waals surface area (Å²) in [6.45, 7) is 0.563. The molecule has 0 radical (unpaired) electrons. The van der Waals surface area contributed by atoms with E-state index < -0.39 is 0 Å². The highest BCUT2D eigenvalue weighted by atomic mass is 127. The molecule has 3 N–H and O–H groups in total. The van der Waals surface area contributed by atoms with Crippen LogP contribution in [0.1, 0.15) is 5.56 Å². The van der Waals surface area contributed by atoms with E-state index in [1.54, 1.807) is 0 Å². The van der Waals surface area contributed by atoms with Crippen molar-refractivity contribution in [2.45, 2.75) is 6.54 Å². The average molecular weight is 466 g/mol. The number of halogens is 2. The van der Waals surface area contributed by atoms with Crippen molar-refractivity contribution in [1.29, 1.82) is 0 Å². The maximum atomic E-state index is 9.94. The summed E-state index contributed by atoms with van der Waals surface area (Å²) in [4.78, 5) is 0. The fourth-order valence-corrected chi connectivity index (χ4v) is 3.48. The molecule has 0 saturated heterocycles. The molecule has 3 nitrogen and oxygen atoms in total. The SMILES string of the molecule is Oc1c(I)cc(I)cc1CNNc1ccccc1. The molecule has 2 rings (SSSR count). The number of rotatable bonds is 4. The monoisotopic (exact) mass is 466 g/mol. The summed E-state index contributed by atoms with van der Waals surface area (Å²) in [6.07, 6.45) is 0. The Labute approximate surface area is 133 Å². The van der Waals surface area contributed by atoms with Crippen LogP contribution in [0.25, 0.3) is 0 Å². The number of hydrogen-bond acceptors (Lipinski definition) is 3. The zero-order valence-corrected chi connectivity index (χ0v) is 13.8. The maximum absolute atomic E-state index is 9.94. The van der Waals surface area contributed by atoms with Gasteiger partial charge < -0.3 is 10.5 Å². The molecule has 2 aromatic carbocycles. The van der Waals surface area contributed by atoms with Gasteiger partial charge in [0.1, 0.15) is 5.75 Å². The molecule has 2 aromatic rings. The van der Waals surface area contributed by atoms with Crippen LogP contribution in [0.2, 0.25) is 0 Å². The molecule has 0 aliphatic carbocycles. The Morgan fingerprint density at radius 3 is 2.50 bits per heavy atom. The lowest BCUT2D eigenvalue weighted by molar-refractivity contribution is 0.462. The number of hydrazine groups is 1. The van der Waals surface area contributed by atoms with E-state index in [-0.39, 0.29) is 0 Å². The van der Waals surface area contributed by atoms with Crippen LogP contribution < -0.4 is 10.9 Å².